The number of hydrogen-bond acceptors (Lipinski definition) is 5. The first-order chi connectivity index (χ1) is 18.3. The fourth-order valence-electron chi connectivity index (χ4n) is 6.89. The van der Waals surface area contributed by atoms with Gasteiger partial charge in [-0.2, -0.15) is 0 Å². The van der Waals surface area contributed by atoms with Crippen LogP contribution in [0.4, 0.5) is 0 Å². The molecule has 2 aliphatic heterocycles. The second-order valence-electron chi connectivity index (χ2n) is 11.7. The number of aryl methyl sites for hydroxylation is 2. The molecule has 5 rings (SSSR count). The van der Waals surface area contributed by atoms with E-state index in [0.717, 1.165) is 49.5 Å². The summed E-state index contributed by atoms with van der Waals surface area (Å²) in [4.78, 5) is 51.8. The lowest BCUT2D eigenvalue weighted by atomic mass is 9.74. The quantitative estimate of drug-likeness (QED) is 0.512. The highest BCUT2D eigenvalue weighted by molar-refractivity contribution is 6.00. The smallest absolute Gasteiger partial charge is 0.329 e. The van der Waals surface area contributed by atoms with Crippen LogP contribution in [-0.2, 0) is 27.9 Å². The van der Waals surface area contributed by atoms with Crippen molar-refractivity contribution in [2.45, 2.75) is 83.1 Å². The molecule has 38 heavy (non-hydrogen) atoms. The van der Waals surface area contributed by atoms with E-state index in [1.54, 1.807) is 11.6 Å². The Labute approximate surface area is 223 Å². The first-order valence-corrected chi connectivity index (χ1v) is 14.3. The fraction of sp³-hybridized carbons (Fsp3) is 0.655. The number of rotatable bonds is 8. The lowest BCUT2D eigenvalue weighted by molar-refractivity contribution is -0.153. The van der Waals surface area contributed by atoms with E-state index in [9.17, 15) is 24.3 Å². The largest absolute Gasteiger partial charge is 0.481 e. The van der Waals surface area contributed by atoms with Crippen LogP contribution >= 0.6 is 0 Å². The summed E-state index contributed by atoms with van der Waals surface area (Å²) in [7, 11) is 1.69. The van der Waals surface area contributed by atoms with Crippen molar-refractivity contribution in [1.29, 1.82) is 0 Å². The lowest BCUT2D eigenvalue weighted by Crippen LogP contribution is -2.46. The average molecular weight is 525 g/mol. The summed E-state index contributed by atoms with van der Waals surface area (Å²) in [6.07, 6.45) is 10.7. The number of imidazole rings is 1. The number of aliphatic carboxylic acids is 1. The highest BCUT2D eigenvalue weighted by Crippen LogP contribution is 2.38. The number of likely N-dealkylation sites (tertiary alicyclic amines) is 1. The van der Waals surface area contributed by atoms with E-state index < -0.39 is 23.3 Å². The molecule has 9 heteroatoms. The molecule has 2 N–H and O–H groups in total. The Hall–Kier alpha value is -2.94. The number of aromatic nitrogens is 2. The topological polar surface area (TPSA) is 114 Å². The maximum atomic E-state index is 13.0. The summed E-state index contributed by atoms with van der Waals surface area (Å²) in [5.41, 5.74) is 1.51. The zero-order chi connectivity index (χ0) is 26.9. The van der Waals surface area contributed by atoms with Crippen LogP contribution in [0.2, 0.25) is 0 Å². The van der Waals surface area contributed by atoms with Crippen molar-refractivity contribution in [3.8, 4) is 0 Å². The molecule has 1 saturated carbocycles. The number of hydrogen-bond donors (Lipinski definition) is 2. The van der Waals surface area contributed by atoms with Crippen LogP contribution in [0, 0.1) is 11.3 Å². The number of carbonyl (C=O) groups is 3. The van der Waals surface area contributed by atoms with Crippen molar-refractivity contribution in [2.75, 3.05) is 19.6 Å². The number of imide groups is 1. The van der Waals surface area contributed by atoms with E-state index >= 15 is 0 Å². The summed E-state index contributed by atoms with van der Waals surface area (Å²) in [6, 6.07) is 5.10. The molecule has 2 amide bonds. The monoisotopic (exact) mass is 524 g/mol. The highest BCUT2D eigenvalue weighted by atomic mass is 16.4. The Morgan fingerprint density at radius 3 is 2.47 bits per heavy atom. The van der Waals surface area contributed by atoms with E-state index in [1.165, 1.54) is 36.7 Å². The molecular weight excluding hydrogens is 484 g/mol. The van der Waals surface area contributed by atoms with Crippen LogP contribution in [-0.4, -0.2) is 56.6 Å². The molecule has 1 unspecified atom stereocenters. The summed E-state index contributed by atoms with van der Waals surface area (Å²) >= 11 is 0. The first kappa shape index (κ1) is 26.7. The number of carboxylic acid groups (broad SMARTS) is 1. The molecule has 206 valence electrons. The summed E-state index contributed by atoms with van der Waals surface area (Å²) < 4.78 is 3.03. The number of carbonyl (C=O) groups excluding carboxylic acids is 2. The molecule has 0 radical (unpaired) electrons. The van der Waals surface area contributed by atoms with E-state index in [1.807, 2.05) is 18.2 Å². The van der Waals surface area contributed by atoms with Crippen molar-refractivity contribution in [1.82, 2.24) is 19.4 Å². The maximum absolute atomic E-state index is 13.0. The minimum atomic E-state index is -0.700. The van der Waals surface area contributed by atoms with Crippen molar-refractivity contribution in [3.63, 3.8) is 0 Å². The number of benzene rings is 1. The molecule has 0 bridgehead atoms. The number of fused-ring (bicyclic) bond motifs is 1. The van der Waals surface area contributed by atoms with E-state index in [4.69, 9.17) is 0 Å². The Morgan fingerprint density at radius 2 is 1.79 bits per heavy atom. The standard InChI is InChI=1S/C29H40N4O5/c1-31-24-18-20(9-10-22(24)33(28(31)38)23-11-12-25(34)30-26(23)35)8-5-13-29(27(36)37)14-16-32(17-15-29)19-21-6-3-2-4-7-21/h9-10,18,21,23H,2-8,11-17,19H2,1H3,(H,36,37)(H,30,34,35). The predicted molar refractivity (Wildman–Crippen MR) is 144 cm³/mol. The van der Waals surface area contributed by atoms with Crippen LogP contribution in [0.25, 0.3) is 11.0 Å². The van der Waals surface area contributed by atoms with Crippen LogP contribution < -0.4 is 11.0 Å². The summed E-state index contributed by atoms with van der Waals surface area (Å²) in [5, 5.41) is 12.5. The highest BCUT2D eigenvalue weighted by Gasteiger charge is 2.41. The maximum Gasteiger partial charge on any atom is 0.329 e. The number of nitrogens with zero attached hydrogens (tertiary/aromatic N) is 3. The second kappa shape index (κ2) is 11.0. The van der Waals surface area contributed by atoms with Gasteiger partial charge >= 0.3 is 11.7 Å². The van der Waals surface area contributed by atoms with E-state index in [-0.39, 0.29) is 18.0 Å². The fourth-order valence-corrected chi connectivity index (χ4v) is 6.89. The van der Waals surface area contributed by atoms with Gasteiger partial charge in [0.1, 0.15) is 6.04 Å². The lowest BCUT2D eigenvalue weighted by Gasteiger charge is -2.40. The molecule has 1 atom stereocenters. The number of piperidine rings is 2. The van der Waals surface area contributed by atoms with Gasteiger partial charge in [-0.25, -0.2) is 4.79 Å². The van der Waals surface area contributed by atoms with Gasteiger partial charge in [-0.15, -0.1) is 0 Å². The molecule has 9 nitrogen and oxygen atoms in total. The molecule has 3 aliphatic rings. The zero-order valence-electron chi connectivity index (χ0n) is 22.4. The van der Waals surface area contributed by atoms with Gasteiger partial charge in [0.25, 0.3) is 0 Å². The molecule has 1 aromatic heterocycles. The normalized spacial score (nSPS) is 23.0. The zero-order valence-corrected chi connectivity index (χ0v) is 22.4. The van der Waals surface area contributed by atoms with Gasteiger partial charge in [0.05, 0.1) is 16.4 Å². The van der Waals surface area contributed by atoms with Crippen LogP contribution in [0.3, 0.4) is 0 Å². The van der Waals surface area contributed by atoms with E-state index in [0.29, 0.717) is 31.2 Å². The van der Waals surface area contributed by atoms with Crippen molar-refractivity contribution in [3.05, 3.63) is 34.2 Å². The van der Waals surface area contributed by atoms with Gasteiger partial charge in [0.15, 0.2) is 0 Å². The molecule has 3 heterocycles. The number of nitrogens with one attached hydrogen (secondary N) is 1. The molecule has 1 aromatic carbocycles. The van der Waals surface area contributed by atoms with Crippen LogP contribution in [0.5, 0.6) is 0 Å². The van der Waals surface area contributed by atoms with Gasteiger partial charge in [-0.05, 0) is 88.1 Å². The van der Waals surface area contributed by atoms with Gasteiger partial charge in [0.2, 0.25) is 11.8 Å². The van der Waals surface area contributed by atoms with Gasteiger partial charge in [-0.3, -0.25) is 28.8 Å². The van der Waals surface area contributed by atoms with Crippen LogP contribution in [0.15, 0.2) is 23.0 Å². The molecule has 2 saturated heterocycles. The Bertz CT molecular complexity index is 1260. The van der Waals surface area contributed by atoms with Crippen molar-refractivity contribution >= 4 is 28.8 Å². The summed E-state index contributed by atoms with van der Waals surface area (Å²) in [5.74, 6) is -0.648. The third-order valence-corrected chi connectivity index (χ3v) is 9.30. The molecule has 0 spiro atoms. The Kier molecular flexibility index (Phi) is 7.75. The minimum Gasteiger partial charge on any atom is -0.481 e. The first-order valence-electron chi connectivity index (χ1n) is 14.3. The minimum absolute atomic E-state index is 0.209. The number of carboxylic acids is 1. The molecule has 2 aromatic rings. The van der Waals surface area contributed by atoms with Crippen LogP contribution in [0.1, 0.15) is 82.2 Å². The third kappa shape index (κ3) is 5.30. The molecule has 1 aliphatic carbocycles. The van der Waals surface area contributed by atoms with Gasteiger partial charge < -0.3 is 10.0 Å². The van der Waals surface area contributed by atoms with Gasteiger partial charge in [-0.1, -0.05) is 25.3 Å². The average Bonchev–Trinajstić information content (AvgIpc) is 3.15. The summed E-state index contributed by atoms with van der Waals surface area (Å²) in [6.45, 7) is 2.85. The Morgan fingerprint density at radius 1 is 1.05 bits per heavy atom. The number of amides is 2. The van der Waals surface area contributed by atoms with Crippen molar-refractivity contribution in [2.24, 2.45) is 18.4 Å². The van der Waals surface area contributed by atoms with Gasteiger partial charge in [0, 0.05) is 20.0 Å². The van der Waals surface area contributed by atoms with Crippen molar-refractivity contribution < 1.29 is 19.5 Å². The van der Waals surface area contributed by atoms with E-state index in [2.05, 4.69) is 10.2 Å². The predicted octanol–water partition coefficient (Wildman–Crippen LogP) is 3.39. The SMILES string of the molecule is Cn1c(=O)n(C2CCC(=O)NC2=O)c2ccc(CCCC3(C(=O)O)CCN(CC4CCCCC4)CC3)cc21. The third-order valence-electron chi connectivity index (χ3n) is 9.30. The molecule has 3 fully saturated rings. The second-order valence-corrected chi connectivity index (χ2v) is 11.7. The Balaban J connectivity index is 1.22. The molecular formula is C29H40N4O5.